The summed E-state index contributed by atoms with van der Waals surface area (Å²) in [5, 5.41) is 2.73. The lowest BCUT2D eigenvalue weighted by Gasteiger charge is -2.48. The van der Waals surface area contributed by atoms with E-state index in [2.05, 4.69) is 5.32 Å². The molecule has 9 heteroatoms. The van der Waals surface area contributed by atoms with E-state index in [1.165, 1.54) is 13.0 Å². The molecular weight excluding hydrogens is 405 g/mol. The standard InChI is InChI=1S/C20H23F3N2O3S/c1-12-9-13(20(21,22)23)4-5-14(12)24-17(26)15-6-7-19(28-15)10-25(11-19)18(27)16-3-2-8-29-16/h4-5,9,15-16H,2-3,6-8,10-11H2,1H3,(H,24,26). The monoisotopic (exact) mass is 428 g/mol. The lowest BCUT2D eigenvalue weighted by atomic mass is 9.90. The van der Waals surface area contributed by atoms with Gasteiger partial charge in [-0.2, -0.15) is 13.2 Å². The fraction of sp³-hybridized carbons (Fsp3) is 0.600. The van der Waals surface area contributed by atoms with Crippen LogP contribution in [-0.2, 0) is 20.5 Å². The smallest absolute Gasteiger partial charge is 0.358 e. The topological polar surface area (TPSA) is 58.6 Å². The Morgan fingerprint density at radius 2 is 2.03 bits per heavy atom. The molecule has 2 amide bonds. The van der Waals surface area contributed by atoms with Crippen LogP contribution >= 0.6 is 11.8 Å². The summed E-state index contributed by atoms with van der Waals surface area (Å²) in [5.41, 5.74) is -0.522. The number of likely N-dealkylation sites (tertiary alicyclic amines) is 1. The number of hydrogen-bond acceptors (Lipinski definition) is 4. The third-order valence-corrected chi connectivity index (χ3v) is 7.20. The highest BCUT2D eigenvalue weighted by molar-refractivity contribution is 8.00. The molecule has 1 aromatic rings. The zero-order chi connectivity index (χ0) is 20.8. The van der Waals surface area contributed by atoms with E-state index < -0.39 is 23.4 Å². The van der Waals surface area contributed by atoms with Crippen molar-refractivity contribution in [3.8, 4) is 0 Å². The molecule has 3 aliphatic rings. The SMILES string of the molecule is Cc1cc(C(F)(F)F)ccc1NC(=O)C1CCC2(CN(C(=O)C3CCCS3)C2)O1. The molecule has 5 nitrogen and oxygen atoms in total. The zero-order valence-electron chi connectivity index (χ0n) is 16.1. The molecule has 3 saturated heterocycles. The fourth-order valence-electron chi connectivity index (χ4n) is 4.21. The average molecular weight is 428 g/mol. The molecule has 4 rings (SSSR count). The largest absolute Gasteiger partial charge is 0.416 e. The van der Waals surface area contributed by atoms with Crippen molar-refractivity contribution in [2.45, 2.75) is 55.7 Å². The second kappa shape index (κ2) is 7.50. The van der Waals surface area contributed by atoms with E-state index in [-0.39, 0.29) is 17.1 Å². The molecule has 158 valence electrons. The van der Waals surface area contributed by atoms with E-state index in [0.29, 0.717) is 37.2 Å². The third kappa shape index (κ3) is 4.12. The minimum Gasteiger partial charge on any atom is -0.358 e. The Labute approximate surface area is 171 Å². The van der Waals surface area contributed by atoms with Crippen molar-refractivity contribution < 1.29 is 27.5 Å². The molecular formula is C20H23F3N2O3S. The van der Waals surface area contributed by atoms with Crippen LogP contribution in [-0.4, -0.2) is 52.5 Å². The van der Waals surface area contributed by atoms with E-state index in [1.54, 1.807) is 11.8 Å². The van der Waals surface area contributed by atoms with E-state index in [0.717, 1.165) is 30.7 Å². The minimum atomic E-state index is -4.42. The number of anilines is 1. The first-order valence-corrected chi connectivity index (χ1v) is 10.8. The van der Waals surface area contributed by atoms with Gasteiger partial charge in [-0.15, -0.1) is 11.8 Å². The third-order valence-electron chi connectivity index (χ3n) is 5.83. The molecule has 1 spiro atoms. The number of alkyl halides is 3. The lowest BCUT2D eigenvalue weighted by molar-refractivity contribution is -0.167. The molecule has 3 aliphatic heterocycles. The highest BCUT2D eigenvalue weighted by atomic mass is 32.2. The van der Waals surface area contributed by atoms with Crippen LogP contribution in [0.4, 0.5) is 18.9 Å². The van der Waals surface area contributed by atoms with Crippen LogP contribution in [0, 0.1) is 6.92 Å². The Hall–Kier alpha value is -1.74. The molecule has 0 saturated carbocycles. The van der Waals surface area contributed by atoms with Crippen LogP contribution in [0.1, 0.15) is 36.8 Å². The summed E-state index contributed by atoms with van der Waals surface area (Å²) < 4.78 is 44.4. The number of benzene rings is 1. The summed E-state index contributed by atoms with van der Waals surface area (Å²) >= 11 is 1.70. The zero-order valence-corrected chi connectivity index (χ0v) is 16.9. The molecule has 0 bridgehead atoms. The summed E-state index contributed by atoms with van der Waals surface area (Å²) in [6.07, 6.45) is -1.86. The fourth-order valence-corrected chi connectivity index (χ4v) is 5.45. The van der Waals surface area contributed by atoms with Crippen molar-refractivity contribution in [1.29, 1.82) is 0 Å². The Balaban J connectivity index is 1.32. The van der Waals surface area contributed by atoms with Gasteiger partial charge in [-0.3, -0.25) is 9.59 Å². The number of carbonyl (C=O) groups is 2. The first-order chi connectivity index (χ1) is 13.7. The van der Waals surface area contributed by atoms with Crippen LogP contribution in [0.15, 0.2) is 18.2 Å². The maximum atomic E-state index is 12.8. The van der Waals surface area contributed by atoms with Crippen molar-refractivity contribution in [3.05, 3.63) is 29.3 Å². The summed E-state index contributed by atoms with van der Waals surface area (Å²) in [4.78, 5) is 26.8. The van der Waals surface area contributed by atoms with Gasteiger partial charge in [-0.25, -0.2) is 0 Å². The first kappa shape index (κ1) is 20.5. The molecule has 3 heterocycles. The van der Waals surface area contributed by atoms with Crippen molar-refractivity contribution in [3.63, 3.8) is 0 Å². The lowest BCUT2D eigenvalue weighted by Crippen LogP contribution is -2.64. The maximum Gasteiger partial charge on any atom is 0.416 e. The van der Waals surface area contributed by atoms with Crippen molar-refractivity contribution in [2.75, 3.05) is 24.2 Å². The predicted molar refractivity (Wildman–Crippen MR) is 104 cm³/mol. The van der Waals surface area contributed by atoms with Gasteiger partial charge >= 0.3 is 6.18 Å². The van der Waals surface area contributed by atoms with Gasteiger partial charge in [0.15, 0.2) is 0 Å². The number of nitrogens with zero attached hydrogens (tertiary/aromatic N) is 1. The van der Waals surface area contributed by atoms with Crippen molar-refractivity contribution in [1.82, 2.24) is 4.90 Å². The first-order valence-electron chi connectivity index (χ1n) is 9.74. The summed E-state index contributed by atoms with van der Waals surface area (Å²) in [6, 6.07) is 3.24. The number of rotatable bonds is 3. The van der Waals surface area contributed by atoms with Crippen LogP contribution in [0.25, 0.3) is 0 Å². The molecule has 3 fully saturated rings. The van der Waals surface area contributed by atoms with E-state index in [1.807, 2.05) is 4.90 Å². The number of nitrogens with one attached hydrogen (secondary N) is 1. The van der Waals surface area contributed by atoms with Gasteiger partial charge in [0.1, 0.15) is 11.7 Å². The predicted octanol–water partition coefficient (Wildman–Crippen LogP) is 3.61. The molecule has 29 heavy (non-hydrogen) atoms. The number of aryl methyl sites for hydroxylation is 1. The summed E-state index contributed by atoms with van der Waals surface area (Å²) in [5.74, 6) is 0.827. The second-order valence-corrected chi connectivity index (χ2v) is 9.35. The number of hydrogen-bond donors (Lipinski definition) is 1. The Morgan fingerprint density at radius 3 is 2.66 bits per heavy atom. The quantitative estimate of drug-likeness (QED) is 0.799. The average Bonchev–Trinajstić information content (AvgIpc) is 3.30. The van der Waals surface area contributed by atoms with Crippen LogP contribution in [0.3, 0.4) is 0 Å². The van der Waals surface area contributed by atoms with Gasteiger partial charge in [0, 0.05) is 5.69 Å². The molecule has 0 aliphatic carbocycles. The Morgan fingerprint density at radius 1 is 1.28 bits per heavy atom. The number of amides is 2. The normalized spacial score (nSPS) is 25.9. The molecule has 1 aromatic carbocycles. The number of thioether (sulfide) groups is 1. The molecule has 0 radical (unpaired) electrons. The number of carbonyl (C=O) groups excluding carboxylic acids is 2. The summed E-state index contributed by atoms with van der Waals surface area (Å²) in [7, 11) is 0. The van der Waals surface area contributed by atoms with Crippen LogP contribution in [0.5, 0.6) is 0 Å². The Bertz CT molecular complexity index is 818. The van der Waals surface area contributed by atoms with Crippen molar-refractivity contribution >= 4 is 29.3 Å². The van der Waals surface area contributed by atoms with Gasteiger partial charge in [-0.1, -0.05) is 0 Å². The highest BCUT2D eigenvalue weighted by Gasteiger charge is 2.53. The van der Waals surface area contributed by atoms with Gasteiger partial charge in [0.25, 0.3) is 5.91 Å². The highest BCUT2D eigenvalue weighted by Crippen LogP contribution is 2.40. The number of halogens is 3. The number of ether oxygens (including phenoxy) is 1. The molecule has 0 aromatic heterocycles. The molecule has 2 unspecified atom stereocenters. The van der Waals surface area contributed by atoms with Gasteiger partial charge < -0.3 is 15.0 Å². The van der Waals surface area contributed by atoms with Gasteiger partial charge in [0.05, 0.1) is 23.9 Å². The summed E-state index contributed by atoms with van der Waals surface area (Å²) in [6.45, 7) is 2.54. The molecule has 2 atom stereocenters. The van der Waals surface area contributed by atoms with Gasteiger partial charge in [0.2, 0.25) is 5.91 Å². The van der Waals surface area contributed by atoms with E-state index in [9.17, 15) is 22.8 Å². The maximum absolute atomic E-state index is 12.8. The Kier molecular flexibility index (Phi) is 5.31. The van der Waals surface area contributed by atoms with Crippen LogP contribution in [0.2, 0.25) is 0 Å². The van der Waals surface area contributed by atoms with E-state index >= 15 is 0 Å². The van der Waals surface area contributed by atoms with E-state index in [4.69, 9.17) is 4.74 Å². The minimum absolute atomic E-state index is 0.0514. The van der Waals surface area contributed by atoms with Gasteiger partial charge in [-0.05, 0) is 62.1 Å². The molecule has 1 N–H and O–H groups in total. The van der Waals surface area contributed by atoms with Crippen molar-refractivity contribution in [2.24, 2.45) is 0 Å². The second-order valence-electron chi connectivity index (χ2n) is 8.04. The van der Waals surface area contributed by atoms with Crippen LogP contribution < -0.4 is 5.32 Å².